The average Bonchev–Trinajstić information content (AvgIpc) is 4.11. The molecule has 1 unspecified atom stereocenters. The molecule has 0 aliphatic heterocycles. The number of nitriles is 2. The first-order valence-electron chi connectivity index (χ1n) is 16.7. The summed E-state index contributed by atoms with van der Waals surface area (Å²) in [6, 6.07) is 10.5. The van der Waals surface area contributed by atoms with E-state index in [1.54, 1.807) is 24.5 Å². The Bertz CT molecular complexity index is 2420. The van der Waals surface area contributed by atoms with E-state index in [0.29, 0.717) is 34.7 Å². The molecule has 2 aliphatic carbocycles. The first-order valence-corrected chi connectivity index (χ1v) is 16.7. The van der Waals surface area contributed by atoms with E-state index in [4.69, 9.17) is 22.0 Å². The molecule has 2 amide bonds. The van der Waals surface area contributed by atoms with Gasteiger partial charge in [0.1, 0.15) is 34.7 Å². The summed E-state index contributed by atoms with van der Waals surface area (Å²) >= 11 is 0. The summed E-state index contributed by atoms with van der Waals surface area (Å²) < 4.78 is 30.4. The first-order chi connectivity index (χ1) is 26.0. The first kappa shape index (κ1) is 35.2. The lowest BCUT2D eigenvalue weighted by molar-refractivity contribution is -0.118. The lowest BCUT2D eigenvalue weighted by atomic mass is 10.0. The fraction of sp³-hybridized carbons (Fsp3) is 0.211. The van der Waals surface area contributed by atoms with Crippen LogP contribution < -0.4 is 22.1 Å². The van der Waals surface area contributed by atoms with Crippen LogP contribution in [0.5, 0.6) is 0 Å². The molecule has 0 spiro atoms. The summed E-state index contributed by atoms with van der Waals surface area (Å²) in [5.41, 5.74) is 14.9. The largest absolute Gasteiger partial charge is 0.383 e. The molecule has 0 radical (unpaired) electrons. The summed E-state index contributed by atoms with van der Waals surface area (Å²) in [5.74, 6) is -2.22. The molecule has 2 aliphatic rings. The quantitative estimate of drug-likeness (QED) is 0.163. The zero-order valence-electron chi connectivity index (χ0n) is 28.8. The molecule has 0 bridgehead atoms. The number of nitrogens with one attached hydrogen (secondary N) is 2. The van der Waals surface area contributed by atoms with Gasteiger partial charge in [0.15, 0.2) is 11.6 Å². The molecule has 6 aromatic heterocycles. The van der Waals surface area contributed by atoms with Crippen molar-refractivity contribution in [3.05, 3.63) is 84.2 Å². The van der Waals surface area contributed by atoms with Gasteiger partial charge in [-0.05, 0) is 62.1 Å². The van der Waals surface area contributed by atoms with Crippen molar-refractivity contribution in [3.63, 3.8) is 0 Å². The number of fused-ring (bicyclic) bond motifs is 2. The second kappa shape index (κ2) is 14.1. The minimum Gasteiger partial charge on any atom is -0.383 e. The van der Waals surface area contributed by atoms with E-state index in [1.807, 2.05) is 13.8 Å². The van der Waals surface area contributed by atoms with Crippen molar-refractivity contribution in [2.45, 2.75) is 26.7 Å². The average molecular weight is 725 g/mol. The number of halogens is 2. The maximum absolute atomic E-state index is 15.2. The highest BCUT2D eigenvalue weighted by molar-refractivity contribution is 6.00. The molecule has 0 aromatic carbocycles. The molecular weight excluding hydrogens is 694 g/mol. The molecular formula is C38H30F2N12O2. The van der Waals surface area contributed by atoms with Crippen molar-refractivity contribution in [2.75, 3.05) is 22.1 Å². The number of pyridine rings is 6. The Morgan fingerprint density at radius 3 is 1.46 bits per heavy atom. The summed E-state index contributed by atoms with van der Waals surface area (Å²) in [4.78, 5) is 48.9. The summed E-state index contributed by atoms with van der Waals surface area (Å²) in [7, 11) is 0. The molecule has 268 valence electrons. The SMILES string of the molecule is Cc1ccncc1-c1nc(N)c2cnc(NC(=O)C3C[C@H]3C#N)cc2c1F.Cc1ccncc1-c1nc(N)c2cnc(NC(=O)[C@H]3C[C@@H]3C#N)cc2c1F. The van der Waals surface area contributed by atoms with Gasteiger partial charge in [0.2, 0.25) is 11.8 Å². The standard InChI is InChI=1S/2C19H15FN6O/c2*1-9-2-3-23-7-13(9)17-16(20)12-5-15(24-8-14(12)18(22)26-17)25-19(27)11-4-10(11)6-21/h2*2-3,5,7-8,10-11H,4H2,1H3,(H2,22,26)(H,24,25,27)/t10-,11?;10-,11+/m01/s1. The molecule has 2 saturated carbocycles. The molecule has 6 heterocycles. The van der Waals surface area contributed by atoms with Gasteiger partial charge < -0.3 is 22.1 Å². The van der Waals surface area contributed by atoms with Crippen molar-refractivity contribution < 1.29 is 18.4 Å². The number of anilines is 4. The number of nitrogens with zero attached hydrogens (tertiary/aromatic N) is 8. The van der Waals surface area contributed by atoms with Gasteiger partial charge in [-0.3, -0.25) is 19.6 Å². The number of hydrogen-bond acceptors (Lipinski definition) is 12. The number of nitrogens with two attached hydrogens (primary N) is 2. The predicted molar refractivity (Wildman–Crippen MR) is 195 cm³/mol. The Balaban J connectivity index is 0.000000167. The van der Waals surface area contributed by atoms with Crippen LogP contribution >= 0.6 is 0 Å². The maximum atomic E-state index is 15.2. The highest BCUT2D eigenvalue weighted by atomic mass is 19.1. The zero-order valence-corrected chi connectivity index (χ0v) is 28.8. The maximum Gasteiger partial charge on any atom is 0.230 e. The van der Waals surface area contributed by atoms with Crippen molar-refractivity contribution in [3.8, 4) is 34.7 Å². The number of aromatic nitrogens is 6. The summed E-state index contributed by atoms with van der Waals surface area (Å²) in [6.45, 7) is 3.66. The van der Waals surface area contributed by atoms with Crippen LogP contribution in [0.25, 0.3) is 44.1 Å². The van der Waals surface area contributed by atoms with Gasteiger partial charge in [-0.1, -0.05) is 0 Å². The third kappa shape index (κ3) is 6.75. The molecule has 6 aromatic rings. The number of aryl methyl sites for hydroxylation is 2. The lowest BCUT2D eigenvalue weighted by Crippen LogP contribution is -2.15. The molecule has 0 saturated heterocycles. The van der Waals surface area contributed by atoms with Crippen LogP contribution in [0.15, 0.2) is 61.4 Å². The zero-order chi connectivity index (χ0) is 38.3. The third-order valence-electron chi connectivity index (χ3n) is 9.39. The number of rotatable bonds is 6. The van der Waals surface area contributed by atoms with Crippen molar-refractivity contribution in [1.29, 1.82) is 10.5 Å². The monoisotopic (exact) mass is 724 g/mol. The molecule has 54 heavy (non-hydrogen) atoms. The van der Waals surface area contributed by atoms with E-state index in [2.05, 4.69) is 52.7 Å². The van der Waals surface area contributed by atoms with E-state index < -0.39 is 11.6 Å². The van der Waals surface area contributed by atoms with Gasteiger partial charge in [-0.25, -0.2) is 28.7 Å². The van der Waals surface area contributed by atoms with Crippen LogP contribution in [0.4, 0.5) is 32.1 Å². The normalized spacial score (nSPS) is 18.1. The van der Waals surface area contributed by atoms with Crippen molar-refractivity contribution >= 4 is 56.6 Å². The Hall–Kier alpha value is -7.20. The lowest BCUT2D eigenvalue weighted by Gasteiger charge is -2.11. The van der Waals surface area contributed by atoms with E-state index in [-0.39, 0.29) is 80.9 Å². The Labute approximate surface area is 306 Å². The molecule has 6 N–H and O–H groups in total. The minimum atomic E-state index is -0.561. The van der Waals surface area contributed by atoms with Crippen molar-refractivity contribution in [2.24, 2.45) is 23.7 Å². The van der Waals surface area contributed by atoms with E-state index >= 15 is 8.78 Å². The molecule has 8 rings (SSSR count). The molecule has 4 atom stereocenters. The van der Waals surface area contributed by atoms with Gasteiger partial charge >= 0.3 is 0 Å². The Morgan fingerprint density at radius 1 is 0.704 bits per heavy atom. The van der Waals surface area contributed by atoms with Gasteiger partial charge in [0, 0.05) is 69.9 Å². The number of nitrogen functional groups attached to an aromatic ring is 2. The highest BCUT2D eigenvalue weighted by Gasteiger charge is 2.44. The van der Waals surface area contributed by atoms with Crippen LogP contribution in [0.1, 0.15) is 24.0 Å². The van der Waals surface area contributed by atoms with Crippen LogP contribution in [0, 0.1) is 71.8 Å². The number of hydrogen-bond donors (Lipinski definition) is 4. The van der Waals surface area contributed by atoms with Crippen LogP contribution in [0.2, 0.25) is 0 Å². The smallest absolute Gasteiger partial charge is 0.230 e. The molecule has 16 heteroatoms. The Morgan fingerprint density at radius 2 is 1.11 bits per heavy atom. The highest BCUT2D eigenvalue weighted by Crippen LogP contribution is 2.40. The fourth-order valence-corrected chi connectivity index (χ4v) is 6.01. The number of carbonyl (C=O) groups is 2. The fourth-order valence-electron chi connectivity index (χ4n) is 6.01. The van der Waals surface area contributed by atoms with Gasteiger partial charge in [0.25, 0.3) is 0 Å². The van der Waals surface area contributed by atoms with E-state index in [0.717, 1.165) is 11.1 Å². The van der Waals surface area contributed by atoms with E-state index in [9.17, 15) is 9.59 Å². The van der Waals surface area contributed by atoms with Crippen LogP contribution in [-0.2, 0) is 9.59 Å². The molecule has 14 nitrogen and oxygen atoms in total. The van der Waals surface area contributed by atoms with E-state index in [1.165, 1.54) is 36.9 Å². The van der Waals surface area contributed by atoms with Crippen molar-refractivity contribution in [1.82, 2.24) is 29.9 Å². The second-order valence-electron chi connectivity index (χ2n) is 13.1. The summed E-state index contributed by atoms with van der Waals surface area (Å²) in [6.07, 6.45) is 10.1. The predicted octanol–water partition coefficient (Wildman–Crippen LogP) is 5.64. The van der Waals surface area contributed by atoms with Crippen LogP contribution in [-0.4, -0.2) is 41.7 Å². The van der Waals surface area contributed by atoms with Gasteiger partial charge in [-0.15, -0.1) is 0 Å². The number of carbonyl (C=O) groups excluding carboxylic acids is 2. The molecule has 2 fully saturated rings. The van der Waals surface area contributed by atoms with Gasteiger partial charge in [0.05, 0.1) is 35.8 Å². The topological polar surface area (TPSA) is 235 Å². The third-order valence-corrected chi connectivity index (χ3v) is 9.39. The van der Waals surface area contributed by atoms with Gasteiger partial charge in [-0.2, -0.15) is 10.5 Å². The summed E-state index contributed by atoms with van der Waals surface area (Å²) in [5, 5.41) is 24.1. The van der Waals surface area contributed by atoms with Crippen LogP contribution in [0.3, 0.4) is 0 Å². The second-order valence-corrected chi connectivity index (χ2v) is 13.1. The Kier molecular flexibility index (Phi) is 9.18. The number of amides is 2. The minimum absolute atomic E-state index is 0.0980.